The molecule has 5 heteroatoms. The van der Waals surface area contributed by atoms with E-state index in [0.717, 1.165) is 24.5 Å². The van der Waals surface area contributed by atoms with Gasteiger partial charge in [0.25, 0.3) is 0 Å². The Hall–Kier alpha value is -1.09. The molecule has 0 spiro atoms. The average molecular weight is 239 g/mol. The smallest absolute Gasteiger partial charge is 0.348 e. The maximum Gasteiger partial charge on any atom is 0.348 e. The number of nitrogens with zero attached hydrogens (tertiary/aromatic N) is 1. The van der Waals surface area contributed by atoms with Gasteiger partial charge in [0.1, 0.15) is 0 Å². The zero-order valence-electron chi connectivity index (χ0n) is 8.78. The van der Waals surface area contributed by atoms with E-state index in [1.165, 1.54) is 11.6 Å². The minimum atomic E-state index is -4.01. The van der Waals surface area contributed by atoms with Crippen molar-refractivity contribution in [2.45, 2.75) is 6.42 Å². The molecule has 0 aromatic heterocycles. The van der Waals surface area contributed by atoms with E-state index in [1.807, 2.05) is 18.2 Å². The third-order valence-electron chi connectivity index (χ3n) is 2.61. The van der Waals surface area contributed by atoms with Crippen molar-refractivity contribution in [3.8, 4) is 0 Å². The van der Waals surface area contributed by atoms with Gasteiger partial charge >= 0.3 is 7.60 Å². The molecule has 1 aromatic carbocycles. The minimum Gasteiger partial charge on any atom is -0.367 e. The van der Waals surface area contributed by atoms with Crippen LogP contribution in [0.1, 0.15) is 5.56 Å². The first-order valence-electron chi connectivity index (χ1n) is 5.12. The Labute approximate surface area is 94.4 Å². The number of para-hydroxylation sites is 1. The molecule has 0 aliphatic carbocycles. The fourth-order valence-corrected chi connectivity index (χ4v) is 2.28. The second-order valence-corrected chi connectivity index (χ2v) is 5.27. The number of benzene rings is 1. The molecule has 16 heavy (non-hydrogen) atoms. The number of rotatable bonds is 3. The first kappa shape index (κ1) is 11.4. The van der Waals surface area contributed by atoms with Crippen LogP contribution in [0.5, 0.6) is 0 Å². The Morgan fingerprint density at radius 1 is 1.38 bits per heavy atom. The molecule has 0 radical (unpaired) electrons. The van der Waals surface area contributed by atoms with E-state index in [1.54, 1.807) is 0 Å². The second kappa shape index (κ2) is 4.42. The molecule has 1 aliphatic rings. The largest absolute Gasteiger partial charge is 0.367 e. The molecule has 2 rings (SSSR count). The number of hydrogen-bond donors (Lipinski definition) is 2. The van der Waals surface area contributed by atoms with Crippen LogP contribution in [0.15, 0.2) is 36.2 Å². The molecule has 1 aliphatic heterocycles. The standard InChI is InChI=1S/C11H14NO3P/c13-16(14,15)9-3-7-12-8-6-10-4-1-2-5-11(10)12/h1-5,9H,6-8H2,(H2,13,14,15). The second-order valence-electron chi connectivity index (χ2n) is 3.80. The van der Waals surface area contributed by atoms with Gasteiger partial charge in [0.05, 0.1) is 0 Å². The first-order valence-corrected chi connectivity index (χ1v) is 6.80. The third kappa shape index (κ3) is 2.73. The van der Waals surface area contributed by atoms with E-state index in [-0.39, 0.29) is 0 Å². The summed E-state index contributed by atoms with van der Waals surface area (Å²) in [4.78, 5) is 19.5. The van der Waals surface area contributed by atoms with Crippen LogP contribution in [-0.4, -0.2) is 22.9 Å². The Kier molecular flexibility index (Phi) is 3.15. The van der Waals surface area contributed by atoms with Gasteiger partial charge in [-0.2, -0.15) is 0 Å². The lowest BCUT2D eigenvalue weighted by molar-refractivity contribution is 0.386. The van der Waals surface area contributed by atoms with Crippen molar-refractivity contribution >= 4 is 13.3 Å². The molecule has 0 amide bonds. The number of hydrogen-bond acceptors (Lipinski definition) is 2. The van der Waals surface area contributed by atoms with Crippen molar-refractivity contribution in [3.05, 3.63) is 41.7 Å². The SMILES string of the molecule is O=P(O)(O)C=CCN1CCc2ccccc21. The molecule has 2 N–H and O–H groups in total. The number of anilines is 1. The van der Waals surface area contributed by atoms with Gasteiger partial charge in [-0.25, -0.2) is 0 Å². The highest BCUT2D eigenvalue weighted by Crippen LogP contribution is 2.36. The molecule has 0 saturated heterocycles. The van der Waals surface area contributed by atoms with Gasteiger partial charge < -0.3 is 14.7 Å². The van der Waals surface area contributed by atoms with Crippen LogP contribution < -0.4 is 4.90 Å². The summed E-state index contributed by atoms with van der Waals surface area (Å²) in [5.41, 5.74) is 2.46. The molecular weight excluding hydrogens is 225 g/mol. The zero-order valence-corrected chi connectivity index (χ0v) is 9.68. The summed E-state index contributed by atoms with van der Waals surface area (Å²) in [6.07, 6.45) is 2.53. The van der Waals surface area contributed by atoms with Crippen LogP contribution in [0.4, 0.5) is 5.69 Å². The third-order valence-corrected chi connectivity index (χ3v) is 3.21. The van der Waals surface area contributed by atoms with E-state index in [9.17, 15) is 4.57 Å². The quantitative estimate of drug-likeness (QED) is 0.789. The Balaban J connectivity index is 2.04. The molecule has 1 aromatic rings. The highest BCUT2D eigenvalue weighted by Gasteiger charge is 2.16. The highest BCUT2D eigenvalue weighted by atomic mass is 31.2. The average Bonchev–Trinajstić information content (AvgIpc) is 2.60. The van der Waals surface area contributed by atoms with E-state index in [2.05, 4.69) is 11.0 Å². The molecule has 4 nitrogen and oxygen atoms in total. The topological polar surface area (TPSA) is 60.8 Å². The Morgan fingerprint density at radius 2 is 2.12 bits per heavy atom. The van der Waals surface area contributed by atoms with Crippen LogP contribution >= 0.6 is 7.60 Å². The maximum absolute atomic E-state index is 10.6. The molecule has 1 heterocycles. The Bertz CT molecular complexity index is 452. The van der Waals surface area contributed by atoms with Crippen LogP contribution in [0.3, 0.4) is 0 Å². The van der Waals surface area contributed by atoms with E-state index in [0.29, 0.717) is 6.54 Å². The summed E-state index contributed by atoms with van der Waals surface area (Å²) in [7, 11) is -4.01. The van der Waals surface area contributed by atoms with Gasteiger partial charge in [-0.15, -0.1) is 0 Å². The van der Waals surface area contributed by atoms with Gasteiger partial charge in [0, 0.05) is 24.6 Å². The van der Waals surface area contributed by atoms with E-state index >= 15 is 0 Å². The van der Waals surface area contributed by atoms with E-state index < -0.39 is 7.60 Å². The predicted octanol–water partition coefficient (Wildman–Crippen LogP) is 1.74. The van der Waals surface area contributed by atoms with Crippen molar-refractivity contribution in [2.75, 3.05) is 18.0 Å². The lowest BCUT2D eigenvalue weighted by Crippen LogP contribution is -2.19. The molecule has 0 fully saturated rings. The van der Waals surface area contributed by atoms with Crippen LogP contribution in [0, 0.1) is 0 Å². The fourth-order valence-electron chi connectivity index (χ4n) is 1.91. The highest BCUT2D eigenvalue weighted by molar-refractivity contribution is 7.55. The summed E-state index contributed by atoms with van der Waals surface area (Å²) >= 11 is 0. The van der Waals surface area contributed by atoms with E-state index in [4.69, 9.17) is 9.79 Å². The summed E-state index contributed by atoms with van der Waals surface area (Å²) in [5, 5.41) is 0. The monoisotopic (exact) mass is 239 g/mol. The fraction of sp³-hybridized carbons (Fsp3) is 0.273. The Morgan fingerprint density at radius 3 is 2.88 bits per heavy atom. The van der Waals surface area contributed by atoms with Crippen molar-refractivity contribution in [1.82, 2.24) is 0 Å². The van der Waals surface area contributed by atoms with Crippen molar-refractivity contribution in [2.24, 2.45) is 0 Å². The molecule has 0 atom stereocenters. The molecule has 0 bridgehead atoms. The van der Waals surface area contributed by atoms with Gasteiger partial charge in [0.2, 0.25) is 0 Å². The van der Waals surface area contributed by atoms with Gasteiger partial charge in [-0.05, 0) is 18.1 Å². The van der Waals surface area contributed by atoms with Crippen LogP contribution in [-0.2, 0) is 11.0 Å². The summed E-state index contributed by atoms with van der Waals surface area (Å²) in [6, 6.07) is 8.10. The normalized spacial score (nSPS) is 15.8. The van der Waals surface area contributed by atoms with Crippen LogP contribution in [0.25, 0.3) is 0 Å². The number of fused-ring (bicyclic) bond motifs is 1. The minimum absolute atomic E-state index is 0.544. The maximum atomic E-state index is 10.6. The van der Waals surface area contributed by atoms with Gasteiger partial charge in [-0.3, -0.25) is 4.57 Å². The van der Waals surface area contributed by atoms with Crippen molar-refractivity contribution in [1.29, 1.82) is 0 Å². The lowest BCUT2D eigenvalue weighted by atomic mass is 10.2. The van der Waals surface area contributed by atoms with Gasteiger partial charge in [0.15, 0.2) is 0 Å². The summed E-state index contributed by atoms with van der Waals surface area (Å²) < 4.78 is 10.6. The summed E-state index contributed by atoms with van der Waals surface area (Å²) in [6.45, 7) is 1.45. The molecular formula is C11H14NO3P. The molecule has 0 saturated carbocycles. The van der Waals surface area contributed by atoms with Gasteiger partial charge in [-0.1, -0.05) is 24.3 Å². The van der Waals surface area contributed by atoms with Crippen molar-refractivity contribution in [3.63, 3.8) is 0 Å². The molecule has 0 unspecified atom stereocenters. The summed E-state index contributed by atoms with van der Waals surface area (Å²) in [5.74, 6) is 0.966. The first-order chi connectivity index (χ1) is 7.56. The van der Waals surface area contributed by atoms with Crippen molar-refractivity contribution < 1.29 is 14.4 Å². The zero-order chi connectivity index (χ0) is 11.6. The lowest BCUT2D eigenvalue weighted by Gasteiger charge is -2.16. The van der Waals surface area contributed by atoms with Crippen LogP contribution in [0.2, 0.25) is 0 Å². The molecule has 86 valence electrons. The predicted molar refractivity (Wildman–Crippen MR) is 63.5 cm³/mol.